The Morgan fingerprint density at radius 1 is 0.785 bits per heavy atom. The van der Waals surface area contributed by atoms with E-state index in [1.165, 1.54) is 46.1 Å². The van der Waals surface area contributed by atoms with Gasteiger partial charge >= 0.3 is 36.9 Å². The number of rotatable bonds is 19. The average Bonchev–Trinajstić information content (AvgIpc) is 2.61. The number of H-pyrrole nitrogens is 2. The summed E-state index contributed by atoms with van der Waals surface area (Å²) < 4.78 is 118. The van der Waals surface area contributed by atoms with Crippen LogP contribution in [0, 0.1) is 0 Å². The molecular formula is C35H45N16O24P4+. The van der Waals surface area contributed by atoms with Crippen LogP contribution in [0.5, 0.6) is 0 Å². The number of phosphoric ester groups is 3. The number of methoxy groups -OCH3 is 1. The Kier molecular flexibility index (Phi) is 13.5. The fourth-order valence-corrected chi connectivity index (χ4v) is 14.7. The molecule has 79 heavy (non-hydrogen) atoms. The first-order chi connectivity index (χ1) is 37.1. The third kappa shape index (κ3) is 9.39. The van der Waals surface area contributed by atoms with Gasteiger partial charge < -0.3 is 75.6 Å². The van der Waals surface area contributed by atoms with E-state index in [9.17, 15) is 62.4 Å². The first-order valence-electron chi connectivity index (χ1n) is 22.6. The number of morpholine rings is 1. The number of aliphatic hydroxyl groups is 2. The number of nitrogen functional groups attached to an aromatic ring is 3. The number of fused-ring (bicyclic) bond motifs is 7. The van der Waals surface area contributed by atoms with Crippen LogP contribution in [0.4, 0.5) is 17.7 Å². The molecule has 5 saturated heterocycles. The molecule has 5 fully saturated rings. The zero-order chi connectivity index (χ0) is 56.7. The lowest BCUT2D eigenvalue weighted by atomic mass is 9.99. The molecule has 40 nitrogen and oxygen atoms in total. The van der Waals surface area contributed by atoms with E-state index < -0.39 is 147 Å². The molecule has 428 valence electrons. The van der Waals surface area contributed by atoms with Gasteiger partial charge in [-0.25, -0.2) is 42.8 Å². The standard InChI is InChI=1S/C35H44N16O24P4/c1-47-11-51(25-16(47)27(55)46-33(38)44-25)28-15-20(65-3)35(72-28,31(56)48(15)2)7-69-78(61,62)75-79(63,64)74-77(59,60)68-6-34-5-66-19(30(71-34)49-9-41-13-22(36)39-8-40-23(13)49)21(34)73-76(57,58)67-4-12-17(52)18(53)29(70-12)50-10-42-14-24(50)43-32(37)45-26(14)54/h8-12,15,17-21,28-30,52-53H,4-7H2,1-3H3,(H11-,36,37,38,39,40,43,44,45,46,54,55,57,58,59,60,61,62,63,64)/p+1/t12-,15?,17?,18+,19+,20-,21?,28-,29-,30-,34-,35-/m1/s1. The second-order valence-corrected chi connectivity index (χ2v) is 24.4. The van der Waals surface area contributed by atoms with E-state index in [1.807, 2.05) is 0 Å². The molecule has 0 aliphatic carbocycles. The Bertz CT molecular complexity index is 3790. The van der Waals surface area contributed by atoms with Crippen molar-refractivity contribution >= 4 is 88.4 Å². The predicted molar refractivity (Wildman–Crippen MR) is 251 cm³/mol. The van der Waals surface area contributed by atoms with Gasteiger partial charge in [0.15, 0.2) is 41.4 Å². The molecule has 5 aliphatic rings. The summed E-state index contributed by atoms with van der Waals surface area (Å²) in [5.74, 6) is -1.51. The Labute approximate surface area is 437 Å². The van der Waals surface area contributed by atoms with Crippen LogP contribution in [0.1, 0.15) is 18.7 Å². The molecule has 4 bridgehead atoms. The van der Waals surface area contributed by atoms with Gasteiger partial charge in [0.2, 0.25) is 23.3 Å². The molecule has 0 radical (unpaired) electrons. The lowest BCUT2D eigenvalue weighted by Gasteiger charge is -2.33. The van der Waals surface area contributed by atoms with Crippen molar-refractivity contribution in [2.45, 2.75) is 72.6 Å². The molecule has 44 heteroatoms. The monoisotopic (exact) mass is 1200 g/mol. The number of aryl methyl sites for hydroxylation is 1. The highest BCUT2D eigenvalue weighted by Gasteiger charge is 2.72. The molecular weight excluding hydrogens is 1150 g/mol. The molecule has 1 amide bonds. The van der Waals surface area contributed by atoms with E-state index in [0.29, 0.717) is 0 Å². The van der Waals surface area contributed by atoms with Gasteiger partial charge in [0.25, 0.3) is 23.0 Å². The maximum atomic E-state index is 13.8. The van der Waals surface area contributed by atoms with Crippen molar-refractivity contribution < 1.29 is 108 Å². The summed E-state index contributed by atoms with van der Waals surface area (Å²) in [5, 5.41) is 21.8. The van der Waals surface area contributed by atoms with Crippen molar-refractivity contribution in [3.8, 4) is 0 Å². The third-order valence-electron chi connectivity index (χ3n) is 13.5. The fraction of sp³-hybridized carbons (Fsp3) is 0.543. The molecule has 0 aromatic carbocycles. The molecule has 11 rings (SSSR count). The highest BCUT2D eigenvalue weighted by molar-refractivity contribution is 7.66. The van der Waals surface area contributed by atoms with Crippen molar-refractivity contribution in [2.24, 2.45) is 7.05 Å². The molecule has 6 aromatic heterocycles. The van der Waals surface area contributed by atoms with E-state index in [4.69, 9.17) is 59.0 Å². The molecule has 16 atom stereocenters. The van der Waals surface area contributed by atoms with Gasteiger partial charge in [-0.3, -0.25) is 56.1 Å². The van der Waals surface area contributed by atoms with Crippen LogP contribution in [0.2, 0.25) is 0 Å². The first kappa shape index (κ1) is 55.3. The summed E-state index contributed by atoms with van der Waals surface area (Å²) in [6.45, 7) is -4.17. The minimum absolute atomic E-state index is 0.00685. The average molecular weight is 1200 g/mol. The maximum absolute atomic E-state index is 13.8. The number of carbonyl (C=O) groups excluding carboxylic acids is 1. The van der Waals surface area contributed by atoms with Gasteiger partial charge in [-0.05, 0) is 0 Å². The molecule has 5 aliphatic heterocycles. The number of carbonyl (C=O) groups is 1. The molecule has 0 saturated carbocycles. The van der Waals surface area contributed by atoms with E-state index >= 15 is 0 Å². The van der Waals surface area contributed by atoms with Crippen molar-refractivity contribution in [1.82, 2.24) is 58.5 Å². The Hall–Kier alpha value is -5.64. The van der Waals surface area contributed by atoms with Crippen LogP contribution < -0.4 is 32.9 Å². The summed E-state index contributed by atoms with van der Waals surface area (Å²) in [7, 11) is -19.7. The zero-order valence-corrected chi connectivity index (χ0v) is 44.0. The van der Waals surface area contributed by atoms with Crippen molar-refractivity contribution in [1.29, 1.82) is 0 Å². The summed E-state index contributed by atoms with van der Waals surface area (Å²) in [4.78, 5) is 112. The van der Waals surface area contributed by atoms with Crippen LogP contribution in [0.15, 0.2) is 34.9 Å². The van der Waals surface area contributed by atoms with E-state index in [1.54, 1.807) is 0 Å². The summed E-state index contributed by atoms with van der Waals surface area (Å²) in [6, 6.07) is -1.02. The number of nitrogens with zero attached hydrogens (tertiary/aromatic N) is 11. The number of phosphoric acid groups is 4. The number of hydrogen-bond acceptors (Lipinski definition) is 29. The molecule has 11 heterocycles. The molecule has 14 N–H and O–H groups in total. The number of likely N-dealkylation sites (tertiary alicyclic amines) is 1. The Morgan fingerprint density at radius 2 is 1.44 bits per heavy atom. The number of nitrogens with one attached hydrogen (secondary N) is 2. The lowest BCUT2D eigenvalue weighted by molar-refractivity contribution is -0.746. The molecule has 7 unspecified atom stereocenters. The number of nitrogens with two attached hydrogens (primary N) is 3. The number of likely N-dealkylation sites (N-methyl/N-ethyl adjacent to an activating group) is 1. The van der Waals surface area contributed by atoms with Crippen molar-refractivity contribution in [3.05, 3.63) is 46.0 Å². The number of aromatic amines is 2. The fourth-order valence-electron chi connectivity index (χ4n) is 10.2. The summed E-state index contributed by atoms with van der Waals surface area (Å²) in [6.07, 6.45) is -9.26. The predicted octanol–water partition coefficient (Wildman–Crippen LogP) is -4.45. The van der Waals surface area contributed by atoms with Crippen LogP contribution in [0.3, 0.4) is 0 Å². The van der Waals surface area contributed by atoms with Gasteiger partial charge in [0.05, 0.1) is 46.1 Å². The second kappa shape index (κ2) is 19.2. The Morgan fingerprint density at radius 3 is 2.15 bits per heavy atom. The summed E-state index contributed by atoms with van der Waals surface area (Å²) >= 11 is 0. The van der Waals surface area contributed by atoms with E-state index in [-0.39, 0.29) is 51.2 Å². The number of amides is 1. The number of anilines is 3. The van der Waals surface area contributed by atoms with Crippen LogP contribution >= 0.6 is 31.3 Å². The van der Waals surface area contributed by atoms with Crippen LogP contribution in [-0.2, 0) is 80.5 Å². The van der Waals surface area contributed by atoms with Gasteiger partial charge in [-0.15, -0.1) is 0 Å². The highest BCUT2D eigenvalue weighted by Crippen LogP contribution is 2.69. The first-order valence-corrected chi connectivity index (χ1v) is 28.6. The molecule has 6 aromatic rings. The summed E-state index contributed by atoms with van der Waals surface area (Å²) in [5.41, 5.74) is 11.3. The number of hydrogen-bond donors (Lipinski definition) is 11. The Balaban J connectivity index is 0.780. The van der Waals surface area contributed by atoms with Crippen molar-refractivity contribution in [3.63, 3.8) is 0 Å². The van der Waals surface area contributed by atoms with Crippen molar-refractivity contribution in [2.75, 3.05) is 57.8 Å². The van der Waals surface area contributed by atoms with Gasteiger partial charge in [-0.1, -0.05) is 4.98 Å². The topological polar surface area (TPSA) is 551 Å². The normalized spacial score (nSPS) is 32.6. The lowest BCUT2D eigenvalue weighted by Crippen LogP contribution is -2.57. The molecule has 0 spiro atoms. The number of ether oxygens (including phenoxy) is 5. The number of aromatic nitrogens is 12. The zero-order valence-electron chi connectivity index (χ0n) is 40.4. The SMILES string of the molecule is CO[C@@H]1C2[C@H]([n+]3cn(C)c4c(=O)[nH]c(N)nc43)O[C@@]1(COP(=O)(O)OP(=O)(O)OP(=O)(O)OC[C@]13CO[C@@H](C1OP(=O)(O)OC[C@H]1O[C@@H](n4cnc5c(=O)[nH]c(N)nc54)[C@@H](O)C1O)[C@H](n1cnc4c(N)ncnc41)O3)C(=O)N2C. The largest absolute Gasteiger partial charge is 0.490 e. The minimum Gasteiger partial charge on any atom is -0.387 e. The van der Waals surface area contributed by atoms with Gasteiger partial charge in [-0.2, -0.15) is 13.6 Å². The van der Waals surface area contributed by atoms with Gasteiger partial charge in [0.1, 0.15) is 60.1 Å². The third-order valence-corrected chi connectivity index (χ3v) is 18.7. The van der Waals surface area contributed by atoms with Crippen LogP contribution in [0.25, 0.3) is 33.5 Å². The van der Waals surface area contributed by atoms with Gasteiger partial charge in [0, 0.05) is 14.2 Å². The van der Waals surface area contributed by atoms with Crippen LogP contribution in [-0.4, -0.2) is 189 Å². The quantitative estimate of drug-likeness (QED) is 0.0269. The number of aliphatic hydroxyl groups excluding tert-OH is 2. The second-order valence-electron chi connectivity index (χ2n) is 18.4. The maximum Gasteiger partial charge on any atom is 0.490 e. The van der Waals surface area contributed by atoms with E-state index in [2.05, 4.69) is 48.5 Å². The smallest absolute Gasteiger partial charge is 0.387 e. The highest BCUT2D eigenvalue weighted by atomic mass is 31.3. The minimum atomic E-state index is -6.27. The number of imidazole rings is 3. The van der Waals surface area contributed by atoms with E-state index in [0.717, 1.165) is 23.5 Å².